The Morgan fingerprint density at radius 2 is 2.00 bits per heavy atom. The Morgan fingerprint density at radius 3 is 2.63 bits per heavy atom. The Bertz CT molecular complexity index is 420. The van der Waals surface area contributed by atoms with Crippen molar-refractivity contribution < 1.29 is 0 Å². The first-order valence-corrected chi connectivity index (χ1v) is 8.71. The Hall–Kier alpha value is -0.100. The van der Waals surface area contributed by atoms with E-state index >= 15 is 0 Å². The molecule has 1 aromatic heterocycles. The van der Waals surface area contributed by atoms with Crippen molar-refractivity contribution in [1.82, 2.24) is 14.8 Å². The number of likely N-dealkylation sites (N-methyl/N-ethyl adjacent to an activating group) is 1. The summed E-state index contributed by atoms with van der Waals surface area (Å²) in [4.78, 5) is 11.3. The van der Waals surface area contributed by atoms with Gasteiger partial charge in [0.05, 0.1) is 10.7 Å². The van der Waals surface area contributed by atoms with Crippen molar-refractivity contribution in [2.75, 3.05) is 39.8 Å². The minimum atomic E-state index is 0.760. The van der Waals surface area contributed by atoms with Crippen LogP contribution in [0.15, 0.2) is 0 Å². The lowest BCUT2D eigenvalue weighted by molar-refractivity contribution is 0.155. The molecule has 0 aromatic carbocycles. The SMILES string of the molecule is CN1CCN(CCc2nc(C3CC3)c(CS)s2)CC1. The lowest BCUT2D eigenvalue weighted by Crippen LogP contribution is -2.45. The number of nitrogens with zero attached hydrogens (tertiary/aromatic N) is 3. The van der Waals surface area contributed by atoms with Gasteiger partial charge in [0.15, 0.2) is 0 Å². The molecule has 0 amide bonds. The van der Waals surface area contributed by atoms with Gasteiger partial charge in [-0.2, -0.15) is 12.6 Å². The summed E-state index contributed by atoms with van der Waals surface area (Å²) in [6, 6.07) is 0. The average Bonchev–Trinajstić information content (AvgIpc) is 3.19. The summed E-state index contributed by atoms with van der Waals surface area (Å²) in [6.45, 7) is 5.98. The van der Waals surface area contributed by atoms with Gasteiger partial charge < -0.3 is 9.80 Å². The molecule has 0 N–H and O–H groups in total. The zero-order valence-electron chi connectivity index (χ0n) is 11.6. The molecular formula is C14H23N3S2. The predicted molar refractivity (Wildman–Crippen MR) is 84.4 cm³/mol. The summed E-state index contributed by atoms with van der Waals surface area (Å²) in [5, 5.41) is 1.32. The molecule has 1 aliphatic carbocycles. The van der Waals surface area contributed by atoms with Crippen LogP contribution in [-0.2, 0) is 12.2 Å². The van der Waals surface area contributed by atoms with Gasteiger partial charge in [-0.3, -0.25) is 0 Å². The maximum atomic E-state index is 4.87. The van der Waals surface area contributed by atoms with Crippen LogP contribution in [0.1, 0.15) is 34.3 Å². The summed E-state index contributed by atoms with van der Waals surface area (Å²) in [5.41, 5.74) is 1.37. The third-order valence-electron chi connectivity index (χ3n) is 4.12. The molecule has 1 saturated carbocycles. The monoisotopic (exact) mass is 297 g/mol. The van der Waals surface area contributed by atoms with Crippen LogP contribution in [0, 0.1) is 0 Å². The van der Waals surface area contributed by atoms with E-state index in [0.29, 0.717) is 0 Å². The van der Waals surface area contributed by atoms with Crippen LogP contribution < -0.4 is 0 Å². The van der Waals surface area contributed by atoms with Crippen molar-refractivity contribution in [3.05, 3.63) is 15.6 Å². The standard InChI is InChI=1S/C14H23N3S2/c1-16-6-8-17(9-7-16)5-4-13-15-14(11-2-3-11)12(10-18)19-13/h11,18H,2-10H2,1H3. The van der Waals surface area contributed by atoms with E-state index in [-0.39, 0.29) is 0 Å². The number of hydrogen-bond acceptors (Lipinski definition) is 5. The van der Waals surface area contributed by atoms with Gasteiger partial charge in [0.1, 0.15) is 0 Å². The molecule has 3 nitrogen and oxygen atoms in total. The first-order valence-electron chi connectivity index (χ1n) is 7.26. The highest BCUT2D eigenvalue weighted by atomic mass is 32.1. The number of hydrogen-bond donors (Lipinski definition) is 1. The minimum absolute atomic E-state index is 0.760. The number of rotatable bonds is 5. The topological polar surface area (TPSA) is 19.4 Å². The normalized spacial score (nSPS) is 22.0. The van der Waals surface area contributed by atoms with Crippen LogP contribution in [0.2, 0.25) is 0 Å². The second-order valence-corrected chi connectivity index (χ2v) is 7.23. The van der Waals surface area contributed by atoms with Crippen LogP contribution in [0.5, 0.6) is 0 Å². The fraction of sp³-hybridized carbons (Fsp3) is 0.786. The second-order valence-electron chi connectivity index (χ2n) is 5.74. The van der Waals surface area contributed by atoms with Gasteiger partial charge in [0, 0.05) is 55.7 Å². The highest BCUT2D eigenvalue weighted by Crippen LogP contribution is 2.43. The van der Waals surface area contributed by atoms with E-state index in [9.17, 15) is 0 Å². The summed E-state index contributed by atoms with van der Waals surface area (Å²) < 4.78 is 0. The van der Waals surface area contributed by atoms with E-state index in [2.05, 4.69) is 29.5 Å². The van der Waals surface area contributed by atoms with Gasteiger partial charge in [0.2, 0.25) is 0 Å². The summed E-state index contributed by atoms with van der Waals surface area (Å²) >= 11 is 6.34. The van der Waals surface area contributed by atoms with Gasteiger partial charge >= 0.3 is 0 Å². The highest BCUT2D eigenvalue weighted by Gasteiger charge is 2.29. The van der Waals surface area contributed by atoms with E-state index in [1.165, 1.54) is 54.6 Å². The molecule has 1 aromatic rings. The Morgan fingerprint density at radius 1 is 1.26 bits per heavy atom. The van der Waals surface area contributed by atoms with Crippen molar-refractivity contribution in [1.29, 1.82) is 0 Å². The van der Waals surface area contributed by atoms with Crippen LogP contribution >= 0.6 is 24.0 Å². The van der Waals surface area contributed by atoms with Crippen molar-refractivity contribution >= 4 is 24.0 Å². The van der Waals surface area contributed by atoms with E-state index in [4.69, 9.17) is 4.98 Å². The van der Waals surface area contributed by atoms with Crippen molar-refractivity contribution in [2.45, 2.75) is 30.9 Å². The van der Waals surface area contributed by atoms with Gasteiger partial charge in [0.25, 0.3) is 0 Å². The number of aromatic nitrogens is 1. The molecule has 0 unspecified atom stereocenters. The second kappa shape index (κ2) is 6.12. The van der Waals surface area contributed by atoms with Gasteiger partial charge in [-0.15, -0.1) is 11.3 Å². The molecule has 1 aliphatic heterocycles. The quantitative estimate of drug-likeness (QED) is 0.841. The Balaban J connectivity index is 1.55. The van der Waals surface area contributed by atoms with E-state index in [1.54, 1.807) is 0 Å². The largest absolute Gasteiger partial charge is 0.304 e. The van der Waals surface area contributed by atoms with Gasteiger partial charge in [-0.25, -0.2) is 4.98 Å². The van der Waals surface area contributed by atoms with Crippen LogP contribution in [0.25, 0.3) is 0 Å². The summed E-state index contributed by atoms with van der Waals surface area (Å²) in [6.07, 6.45) is 3.78. The first kappa shape index (κ1) is 13.9. The minimum Gasteiger partial charge on any atom is -0.304 e. The van der Waals surface area contributed by atoms with E-state index < -0.39 is 0 Å². The van der Waals surface area contributed by atoms with Crippen molar-refractivity contribution in [3.8, 4) is 0 Å². The lowest BCUT2D eigenvalue weighted by atomic mass is 10.2. The number of thiazole rings is 1. The number of piperazine rings is 1. The molecule has 1 saturated heterocycles. The van der Waals surface area contributed by atoms with Crippen LogP contribution in [0.3, 0.4) is 0 Å². The molecule has 2 fully saturated rings. The third kappa shape index (κ3) is 3.51. The summed E-state index contributed by atoms with van der Waals surface area (Å²) in [7, 11) is 2.21. The molecule has 19 heavy (non-hydrogen) atoms. The third-order valence-corrected chi connectivity index (χ3v) is 5.78. The van der Waals surface area contributed by atoms with Crippen LogP contribution in [0.4, 0.5) is 0 Å². The van der Waals surface area contributed by atoms with Crippen LogP contribution in [-0.4, -0.2) is 54.6 Å². The first-order chi connectivity index (χ1) is 9.26. The van der Waals surface area contributed by atoms with Gasteiger partial charge in [-0.1, -0.05) is 0 Å². The number of thiol groups is 1. The molecule has 0 atom stereocenters. The van der Waals surface area contributed by atoms with E-state index in [1.807, 2.05) is 11.3 Å². The summed E-state index contributed by atoms with van der Waals surface area (Å²) in [5.74, 6) is 1.62. The molecule has 2 aliphatic rings. The smallest absolute Gasteiger partial charge is 0.0944 e. The zero-order valence-corrected chi connectivity index (χ0v) is 13.3. The Labute approximate surface area is 125 Å². The fourth-order valence-electron chi connectivity index (χ4n) is 2.64. The van der Waals surface area contributed by atoms with Crippen molar-refractivity contribution in [2.24, 2.45) is 0 Å². The van der Waals surface area contributed by atoms with Gasteiger partial charge in [-0.05, 0) is 19.9 Å². The maximum Gasteiger partial charge on any atom is 0.0944 e. The molecule has 2 heterocycles. The maximum absolute atomic E-state index is 4.87. The van der Waals surface area contributed by atoms with Crippen molar-refractivity contribution in [3.63, 3.8) is 0 Å². The lowest BCUT2D eigenvalue weighted by Gasteiger charge is -2.32. The molecular weight excluding hydrogens is 274 g/mol. The predicted octanol–water partition coefficient (Wildman–Crippen LogP) is 2.24. The molecule has 0 radical (unpaired) electrons. The average molecular weight is 297 g/mol. The van der Waals surface area contributed by atoms with E-state index in [0.717, 1.165) is 24.6 Å². The molecule has 0 spiro atoms. The fourth-order valence-corrected chi connectivity index (χ4v) is 3.99. The highest BCUT2D eigenvalue weighted by molar-refractivity contribution is 7.79. The Kier molecular flexibility index (Phi) is 4.47. The molecule has 5 heteroatoms. The molecule has 3 rings (SSSR count). The molecule has 0 bridgehead atoms. The molecule has 106 valence electrons. The zero-order chi connectivity index (χ0) is 13.2.